The Bertz CT molecular complexity index is 467. The van der Waals surface area contributed by atoms with Crippen molar-refractivity contribution in [2.45, 2.75) is 20.0 Å². The first kappa shape index (κ1) is 11.0. The molecular formula is C11H14N4S. The number of benzene rings is 1. The van der Waals surface area contributed by atoms with Gasteiger partial charge in [0.15, 0.2) is 0 Å². The second kappa shape index (κ2) is 5.05. The van der Waals surface area contributed by atoms with E-state index in [1.165, 1.54) is 5.56 Å². The number of nitrogens with one attached hydrogen (secondary N) is 1. The lowest BCUT2D eigenvalue weighted by atomic mass is 10.1. The molecule has 2 rings (SSSR count). The van der Waals surface area contributed by atoms with Crippen molar-refractivity contribution in [1.82, 2.24) is 10.2 Å². The Labute approximate surface area is 98.5 Å². The van der Waals surface area contributed by atoms with E-state index in [9.17, 15) is 0 Å². The summed E-state index contributed by atoms with van der Waals surface area (Å²) in [5.74, 6) is 0. The molecule has 1 aromatic heterocycles. The third kappa shape index (κ3) is 2.56. The second-order valence-electron chi connectivity index (χ2n) is 3.45. The fourth-order valence-corrected chi connectivity index (χ4v) is 2.06. The van der Waals surface area contributed by atoms with Crippen molar-refractivity contribution >= 4 is 16.5 Å². The van der Waals surface area contributed by atoms with Crippen LogP contribution in [0.15, 0.2) is 24.3 Å². The van der Waals surface area contributed by atoms with Gasteiger partial charge in [-0.1, -0.05) is 35.6 Å². The fraction of sp³-hybridized carbons (Fsp3) is 0.273. The topological polar surface area (TPSA) is 63.8 Å². The summed E-state index contributed by atoms with van der Waals surface area (Å²) >= 11 is 1.56. The van der Waals surface area contributed by atoms with Crippen LogP contribution >= 0.6 is 11.3 Å². The smallest absolute Gasteiger partial charge is 0.205 e. The summed E-state index contributed by atoms with van der Waals surface area (Å²) in [5.41, 5.74) is 8.04. The van der Waals surface area contributed by atoms with Crippen LogP contribution in [0.2, 0.25) is 0 Å². The zero-order valence-corrected chi connectivity index (χ0v) is 9.92. The van der Waals surface area contributed by atoms with Gasteiger partial charge in [0.05, 0.1) is 0 Å². The van der Waals surface area contributed by atoms with E-state index in [4.69, 9.17) is 5.73 Å². The molecule has 1 aromatic carbocycles. The van der Waals surface area contributed by atoms with E-state index in [1.54, 1.807) is 11.3 Å². The average molecular weight is 234 g/mol. The van der Waals surface area contributed by atoms with Crippen LogP contribution in [0, 0.1) is 6.92 Å². The van der Waals surface area contributed by atoms with E-state index in [-0.39, 0.29) is 0 Å². The van der Waals surface area contributed by atoms with Crippen molar-refractivity contribution in [3.8, 4) is 0 Å². The molecule has 1 heterocycles. The lowest BCUT2D eigenvalue weighted by Crippen LogP contribution is -2.06. The zero-order valence-electron chi connectivity index (χ0n) is 9.10. The number of nitrogens with two attached hydrogens (primary N) is 1. The lowest BCUT2D eigenvalue weighted by molar-refractivity contribution is 0.990. The van der Waals surface area contributed by atoms with Gasteiger partial charge in [0.25, 0.3) is 0 Å². The highest BCUT2D eigenvalue weighted by Gasteiger charge is 2.02. The summed E-state index contributed by atoms with van der Waals surface area (Å²) < 4.78 is 0. The molecule has 0 spiro atoms. The van der Waals surface area contributed by atoms with Crippen LogP contribution in [-0.2, 0) is 13.1 Å². The summed E-state index contributed by atoms with van der Waals surface area (Å²) in [6.45, 7) is 3.24. The Morgan fingerprint density at radius 3 is 2.62 bits per heavy atom. The molecule has 3 N–H and O–H groups in total. The minimum atomic E-state index is 0.563. The molecule has 0 aliphatic carbocycles. The lowest BCUT2D eigenvalue weighted by Gasteiger charge is -2.07. The summed E-state index contributed by atoms with van der Waals surface area (Å²) in [6, 6.07) is 8.13. The van der Waals surface area contributed by atoms with Crippen molar-refractivity contribution in [2.24, 2.45) is 5.73 Å². The van der Waals surface area contributed by atoms with Crippen LogP contribution in [0.25, 0.3) is 0 Å². The van der Waals surface area contributed by atoms with Crippen molar-refractivity contribution in [3.63, 3.8) is 0 Å². The van der Waals surface area contributed by atoms with Gasteiger partial charge in [-0.05, 0) is 18.1 Å². The first-order chi connectivity index (χ1) is 7.79. The third-order valence-corrected chi connectivity index (χ3v) is 3.09. The molecule has 0 radical (unpaired) electrons. The molecule has 0 amide bonds. The predicted molar refractivity (Wildman–Crippen MR) is 66.3 cm³/mol. The Morgan fingerprint density at radius 1 is 1.25 bits per heavy atom. The maximum absolute atomic E-state index is 5.67. The Balaban J connectivity index is 2.04. The number of rotatable bonds is 4. The van der Waals surface area contributed by atoms with Gasteiger partial charge in [0.2, 0.25) is 5.13 Å². The fourth-order valence-electron chi connectivity index (χ4n) is 1.47. The normalized spacial score (nSPS) is 10.4. The summed E-state index contributed by atoms with van der Waals surface area (Å²) in [6.07, 6.45) is 0. The van der Waals surface area contributed by atoms with E-state index in [1.807, 2.05) is 25.1 Å². The zero-order chi connectivity index (χ0) is 11.4. The van der Waals surface area contributed by atoms with Crippen molar-refractivity contribution in [3.05, 3.63) is 40.4 Å². The summed E-state index contributed by atoms with van der Waals surface area (Å²) in [4.78, 5) is 0. The molecule has 5 heteroatoms. The van der Waals surface area contributed by atoms with E-state index in [0.717, 1.165) is 22.2 Å². The van der Waals surface area contributed by atoms with E-state index < -0.39 is 0 Å². The average Bonchev–Trinajstić information content (AvgIpc) is 2.73. The van der Waals surface area contributed by atoms with Crippen LogP contribution in [0.5, 0.6) is 0 Å². The summed E-state index contributed by atoms with van der Waals surface area (Å²) in [7, 11) is 0. The monoisotopic (exact) mass is 234 g/mol. The van der Waals surface area contributed by atoms with Crippen LogP contribution in [0.3, 0.4) is 0 Å². The number of nitrogens with zero attached hydrogens (tertiary/aromatic N) is 2. The van der Waals surface area contributed by atoms with Crippen molar-refractivity contribution in [1.29, 1.82) is 0 Å². The Hall–Kier alpha value is -1.46. The van der Waals surface area contributed by atoms with Gasteiger partial charge < -0.3 is 11.1 Å². The van der Waals surface area contributed by atoms with Crippen LogP contribution in [-0.4, -0.2) is 10.2 Å². The molecule has 0 bridgehead atoms. The van der Waals surface area contributed by atoms with Crippen LogP contribution in [0.4, 0.5) is 5.13 Å². The molecule has 0 fully saturated rings. The number of anilines is 1. The molecule has 84 valence electrons. The van der Waals surface area contributed by atoms with Gasteiger partial charge in [-0.3, -0.25) is 0 Å². The number of aromatic nitrogens is 2. The van der Waals surface area contributed by atoms with Gasteiger partial charge in [0, 0.05) is 13.1 Å². The molecule has 0 atom stereocenters. The maximum Gasteiger partial charge on any atom is 0.205 e. The van der Waals surface area contributed by atoms with Gasteiger partial charge >= 0.3 is 0 Å². The molecular weight excluding hydrogens is 220 g/mol. The SMILES string of the molecule is Cc1nnc(NCc2ccccc2CN)s1. The number of hydrogen-bond donors (Lipinski definition) is 2. The molecule has 2 aromatic rings. The predicted octanol–water partition coefficient (Wildman–Crippen LogP) is 1.92. The molecule has 0 aliphatic rings. The van der Waals surface area contributed by atoms with Crippen molar-refractivity contribution < 1.29 is 0 Å². The largest absolute Gasteiger partial charge is 0.356 e. The highest BCUT2D eigenvalue weighted by molar-refractivity contribution is 7.15. The molecule has 0 unspecified atom stereocenters. The van der Waals surface area contributed by atoms with Gasteiger partial charge in [0.1, 0.15) is 5.01 Å². The third-order valence-electron chi connectivity index (χ3n) is 2.29. The molecule has 4 nitrogen and oxygen atoms in total. The first-order valence-corrected chi connectivity index (χ1v) is 5.92. The molecule has 16 heavy (non-hydrogen) atoms. The standard InChI is InChI=1S/C11H14N4S/c1-8-14-15-11(16-8)13-7-10-5-3-2-4-9(10)6-12/h2-5H,6-7,12H2,1H3,(H,13,15). The minimum Gasteiger partial charge on any atom is -0.356 e. The quantitative estimate of drug-likeness (QED) is 0.848. The highest BCUT2D eigenvalue weighted by atomic mass is 32.1. The Morgan fingerprint density at radius 2 is 2.00 bits per heavy atom. The van der Waals surface area contributed by atoms with E-state index >= 15 is 0 Å². The van der Waals surface area contributed by atoms with Crippen LogP contribution < -0.4 is 11.1 Å². The number of aryl methyl sites for hydroxylation is 1. The molecule has 0 aliphatic heterocycles. The molecule has 0 saturated carbocycles. The Kier molecular flexibility index (Phi) is 3.48. The number of hydrogen-bond acceptors (Lipinski definition) is 5. The van der Waals surface area contributed by atoms with E-state index in [0.29, 0.717) is 6.54 Å². The van der Waals surface area contributed by atoms with Gasteiger partial charge in [-0.25, -0.2) is 0 Å². The first-order valence-electron chi connectivity index (χ1n) is 5.10. The minimum absolute atomic E-state index is 0.563. The maximum atomic E-state index is 5.67. The molecule has 0 saturated heterocycles. The van der Waals surface area contributed by atoms with Crippen molar-refractivity contribution in [2.75, 3.05) is 5.32 Å². The van der Waals surface area contributed by atoms with Gasteiger partial charge in [-0.2, -0.15) is 0 Å². The van der Waals surface area contributed by atoms with Gasteiger partial charge in [-0.15, -0.1) is 10.2 Å². The summed E-state index contributed by atoms with van der Waals surface area (Å²) in [5, 5.41) is 13.0. The highest BCUT2D eigenvalue weighted by Crippen LogP contribution is 2.16. The second-order valence-corrected chi connectivity index (χ2v) is 4.63. The van der Waals surface area contributed by atoms with Crippen LogP contribution in [0.1, 0.15) is 16.1 Å². The van der Waals surface area contributed by atoms with E-state index in [2.05, 4.69) is 21.6 Å².